The lowest BCUT2D eigenvalue weighted by Crippen LogP contribution is -2.38. The number of rotatable bonds is 8. The third-order valence-electron chi connectivity index (χ3n) is 4.21. The SMILES string of the molecule is CCNC(=NCc1c(C)nn(C)c1C)NCCCC(=O)NC1CC1. The van der Waals surface area contributed by atoms with Gasteiger partial charge in [-0.15, -0.1) is 0 Å². The number of hydrogen-bond donors (Lipinski definition) is 3. The van der Waals surface area contributed by atoms with Gasteiger partial charge in [0.2, 0.25) is 5.91 Å². The van der Waals surface area contributed by atoms with E-state index in [1.807, 2.05) is 25.6 Å². The quantitative estimate of drug-likeness (QED) is 0.378. The van der Waals surface area contributed by atoms with Gasteiger partial charge in [-0.1, -0.05) is 0 Å². The first-order valence-electron chi connectivity index (χ1n) is 8.81. The maximum absolute atomic E-state index is 11.7. The minimum atomic E-state index is 0.155. The number of guanidine groups is 1. The fraction of sp³-hybridized carbons (Fsp3) is 0.706. The van der Waals surface area contributed by atoms with E-state index in [2.05, 4.69) is 33.0 Å². The Morgan fingerprint density at radius 3 is 2.67 bits per heavy atom. The zero-order valence-corrected chi connectivity index (χ0v) is 15.3. The molecule has 3 N–H and O–H groups in total. The summed E-state index contributed by atoms with van der Waals surface area (Å²) in [4.78, 5) is 16.3. The van der Waals surface area contributed by atoms with Crippen molar-refractivity contribution in [3.8, 4) is 0 Å². The highest BCUT2D eigenvalue weighted by Gasteiger charge is 2.22. The average molecular weight is 334 g/mol. The number of nitrogens with zero attached hydrogens (tertiary/aromatic N) is 3. The lowest BCUT2D eigenvalue weighted by molar-refractivity contribution is -0.121. The van der Waals surface area contributed by atoms with E-state index in [1.54, 1.807) is 0 Å². The van der Waals surface area contributed by atoms with Crippen molar-refractivity contribution >= 4 is 11.9 Å². The molecule has 0 radical (unpaired) electrons. The molecule has 134 valence electrons. The molecule has 1 saturated carbocycles. The van der Waals surface area contributed by atoms with Gasteiger partial charge in [0.15, 0.2) is 5.96 Å². The molecule has 24 heavy (non-hydrogen) atoms. The van der Waals surface area contributed by atoms with E-state index in [0.717, 1.165) is 49.7 Å². The van der Waals surface area contributed by atoms with Crippen molar-refractivity contribution in [2.75, 3.05) is 13.1 Å². The van der Waals surface area contributed by atoms with Gasteiger partial charge in [-0.05, 0) is 40.0 Å². The molecule has 1 amide bonds. The van der Waals surface area contributed by atoms with Gasteiger partial charge in [-0.25, -0.2) is 4.99 Å². The van der Waals surface area contributed by atoms with Crippen LogP contribution in [0.2, 0.25) is 0 Å². The van der Waals surface area contributed by atoms with E-state index in [-0.39, 0.29) is 5.91 Å². The highest BCUT2D eigenvalue weighted by molar-refractivity contribution is 5.80. The van der Waals surface area contributed by atoms with Crippen molar-refractivity contribution in [1.29, 1.82) is 0 Å². The summed E-state index contributed by atoms with van der Waals surface area (Å²) in [5, 5.41) is 14.0. The fourth-order valence-corrected chi connectivity index (χ4v) is 2.53. The number of hydrogen-bond acceptors (Lipinski definition) is 3. The highest BCUT2D eigenvalue weighted by atomic mass is 16.1. The highest BCUT2D eigenvalue weighted by Crippen LogP contribution is 2.18. The van der Waals surface area contributed by atoms with Crippen LogP contribution < -0.4 is 16.0 Å². The van der Waals surface area contributed by atoms with E-state index >= 15 is 0 Å². The first kappa shape index (κ1) is 18.3. The Morgan fingerprint density at radius 1 is 1.33 bits per heavy atom. The molecule has 1 aliphatic carbocycles. The van der Waals surface area contributed by atoms with Crippen LogP contribution in [0.15, 0.2) is 4.99 Å². The van der Waals surface area contributed by atoms with Crippen LogP contribution in [0.5, 0.6) is 0 Å². The molecular formula is C17H30N6O. The van der Waals surface area contributed by atoms with Gasteiger partial charge in [0.05, 0.1) is 12.2 Å². The zero-order valence-electron chi connectivity index (χ0n) is 15.3. The molecule has 1 aliphatic rings. The Balaban J connectivity index is 1.78. The summed E-state index contributed by atoms with van der Waals surface area (Å²) in [6.07, 6.45) is 3.63. The number of carbonyl (C=O) groups excluding carboxylic acids is 1. The fourth-order valence-electron chi connectivity index (χ4n) is 2.53. The number of carbonyl (C=O) groups is 1. The Morgan fingerprint density at radius 2 is 2.08 bits per heavy atom. The van der Waals surface area contributed by atoms with Crippen molar-refractivity contribution in [1.82, 2.24) is 25.7 Å². The first-order chi connectivity index (χ1) is 11.5. The van der Waals surface area contributed by atoms with Crippen molar-refractivity contribution in [2.24, 2.45) is 12.0 Å². The van der Waals surface area contributed by atoms with Crippen molar-refractivity contribution < 1.29 is 4.79 Å². The molecule has 0 spiro atoms. The second kappa shape index (κ2) is 8.70. The van der Waals surface area contributed by atoms with E-state index in [0.29, 0.717) is 19.0 Å². The summed E-state index contributed by atoms with van der Waals surface area (Å²) in [6, 6.07) is 0.440. The number of aromatic nitrogens is 2. The van der Waals surface area contributed by atoms with Crippen LogP contribution in [0.4, 0.5) is 0 Å². The molecule has 0 saturated heterocycles. The molecule has 0 unspecified atom stereocenters. The standard InChI is InChI=1S/C17H30N6O/c1-5-18-17(19-10-6-7-16(24)21-14-8-9-14)20-11-15-12(2)22-23(4)13(15)3/h14H,5-11H2,1-4H3,(H,21,24)(H2,18,19,20). The van der Waals surface area contributed by atoms with Crippen molar-refractivity contribution in [3.05, 3.63) is 17.0 Å². The Bertz CT molecular complexity index is 588. The molecule has 2 rings (SSSR count). The predicted octanol–water partition coefficient (Wildman–Crippen LogP) is 1.15. The maximum Gasteiger partial charge on any atom is 0.220 e. The van der Waals surface area contributed by atoms with Crippen LogP contribution in [0.25, 0.3) is 0 Å². The summed E-state index contributed by atoms with van der Waals surface area (Å²) < 4.78 is 1.89. The van der Waals surface area contributed by atoms with Gasteiger partial charge in [-0.3, -0.25) is 9.48 Å². The largest absolute Gasteiger partial charge is 0.357 e. The topological polar surface area (TPSA) is 83.3 Å². The third-order valence-corrected chi connectivity index (χ3v) is 4.21. The number of aryl methyl sites for hydroxylation is 2. The summed E-state index contributed by atoms with van der Waals surface area (Å²) in [7, 11) is 1.95. The number of aliphatic imine (C=N–C) groups is 1. The lowest BCUT2D eigenvalue weighted by Gasteiger charge is -2.11. The van der Waals surface area contributed by atoms with Crippen LogP contribution in [0, 0.1) is 13.8 Å². The van der Waals surface area contributed by atoms with Crippen LogP contribution in [0.1, 0.15) is 49.6 Å². The molecular weight excluding hydrogens is 304 g/mol. The molecule has 0 aromatic carbocycles. The molecule has 1 heterocycles. The molecule has 1 aromatic rings. The third kappa shape index (κ3) is 5.54. The average Bonchev–Trinajstić information content (AvgIpc) is 3.30. The second-order valence-corrected chi connectivity index (χ2v) is 6.34. The van der Waals surface area contributed by atoms with Crippen LogP contribution in [-0.2, 0) is 18.4 Å². The maximum atomic E-state index is 11.7. The summed E-state index contributed by atoms with van der Waals surface area (Å²) in [5.41, 5.74) is 3.33. The van der Waals surface area contributed by atoms with E-state index < -0.39 is 0 Å². The van der Waals surface area contributed by atoms with E-state index in [4.69, 9.17) is 0 Å². The van der Waals surface area contributed by atoms with Gasteiger partial charge < -0.3 is 16.0 Å². The Labute approximate surface area is 144 Å². The Kier molecular flexibility index (Phi) is 6.63. The number of amides is 1. The molecule has 7 nitrogen and oxygen atoms in total. The van der Waals surface area contributed by atoms with Gasteiger partial charge in [0.25, 0.3) is 0 Å². The van der Waals surface area contributed by atoms with Crippen LogP contribution >= 0.6 is 0 Å². The molecule has 0 bridgehead atoms. The lowest BCUT2D eigenvalue weighted by atomic mass is 10.2. The molecule has 1 fully saturated rings. The summed E-state index contributed by atoms with van der Waals surface area (Å²) in [5.74, 6) is 0.936. The predicted molar refractivity (Wildman–Crippen MR) is 95.9 cm³/mol. The summed E-state index contributed by atoms with van der Waals surface area (Å²) in [6.45, 7) is 8.25. The van der Waals surface area contributed by atoms with E-state index in [1.165, 1.54) is 5.56 Å². The van der Waals surface area contributed by atoms with E-state index in [9.17, 15) is 4.79 Å². The molecule has 7 heteroatoms. The van der Waals surface area contributed by atoms with Gasteiger partial charge in [0, 0.05) is 43.9 Å². The van der Waals surface area contributed by atoms with Crippen LogP contribution in [0.3, 0.4) is 0 Å². The monoisotopic (exact) mass is 334 g/mol. The van der Waals surface area contributed by atoms with Gasteiger partial charge in [0.1, 0.15) is 0 Å². The molecule has 0 atom stereocenters. The molecule has 0 aliphatic heterocycles. The van der Waals surface area contributed by atoms with Gasteiger partial charge in [-0.2, -0.15) is 5.10 Å². The zero-order chi connectivity index (χ0) is 17.5. The first-order valence-corrected chi connectivity index (χ1v) is 8.81. The number of nitrogens with one attached hydrogen (secondary N) is 3. The summed E-state index contributed by atoms with van der Waals surface area (Å²) >= 11 is 0. The minimum absolute atomic E-state index is 0.155. The smallest absolute Gasteiger partial charge is 0.220 e. The molecule has 1 aromatic heterocycles. The van der Waals surface area contributed by atoms with Gasteiger partial charge >= 0.3 is 0 Å². The Hall–Kier alpha value is -2.05. The van der Waals surface area contributed by atoms with Crippen molar-refractivity contribution in [3.63, 3.8) is 0 Å². The second-order valence-electron chi connectivity index (χ2n) is 6.34. The normalized spacial score (nSPS) is 14.6. The van der Waals surface area contributed by atoms with Crippen LogP contribution in [-0.4, -0.2) is 40.8 Å². The van der Waals surface area contributed by atoms with Crippen molar-refractivity contribution in [2.45, 2.75) is 59.0 Å². The minimum Gasteiger partial charge on any atom is -0.357 e.